The third-order valence-electron chi connectivity index (χ3n) is 5.57. The van der Waals surface area contributed by atoms with Crippen LogP contribution in [0.5, 0.6) is 0 Å². The lowest BCUT2D eigenvalue weighted by Crippen LogP contribution is -2.34. The molecule has 0 amide bonds. The number of hydrogen-bond donors (Lipinski definition) is 3. The Bertz CT molecular complexity index is 1190. The molecule has 0 radical (unpaired) electrons. The fourth-order valence-electron chi connectivity index (χ4n) is 3.76. The van der Waals surface area contributed by atoms with Gasteiger partial charge in [-0.15, -0.1) is 0 Å². The maximum absolute atomic E-state index is 13.8. The Morgan fingerprint density at radius 2 is 1.74 bits per heavy atom. The normalized spacial score (nSPS) is 14.3. The summed E-state index contributed by atoms with van der Waals surface area (Å²) in [7, 11) is -5.45. The van der Waals surface area contributed by atoms with E-state index in [-0.39, 0.29) is 28.3 Å². The number of hydrogen-bond acceptors (Lipinski definition) is 7. The number of benzene rings is 2. The molecule has 10 heteroatoms. The molecule has 2 unspecified atom stereocenters. The largest absolute Gasteiger partial charge is 0.380 e. The van der Waals surface area contributed by atoms with Crippen molar-refractivity contribution in [2.75, 3.05) is 36.0 Å². The van der Waals surface area contributed by atoms with Gasteiger partial charge in [0.1, 0.15) is 6.29 Å². The Labute approximate surface area is 210 Å². The van der Waals surface area contributed by atoms with Crippen LogP contribution in [-0.2, 0) is 31.0 Å². The van der Waals surface area contributed by atoms with Crippen molar-refractivity contribution in [1.82, 2.24) is 5.32 Å². The van der Waals surface area contributed by atoms with Crippen LogP contribution in [-0.4, -0.2) is 51.3 Å². The van der Waals surface area contributed by atoms with Gasteiger partial charge in [0, 0.05) is 31.8 Å². The second kappa shape index (κ2) is 12.5. The van der Waals surface area contributed by atoms with Crippen LogP contribution < -0.4 is 14.9 Å². The van der Waals surface area contributed by atoms with Crippen molar-refractivity contribution in [3.05, 3.63) is 48.0 Å². The van der Waals surface area contributed by atoms with Crippen molar-refractivity contribution in [1.29, 1.82) is 4.78 Å². The molecule has 0 aromatic heterocycles. The van der Waals surface area contributed by atoms with E-state index in [1.165, 1.54) is 22.7 Å². The van der Waals surface area contributed by atoms with Crippen molar-refractivity contribution in [3.63, 3.8) is 0 Å². The van der Waals surface area contributed by atoms with E-state index in [0.29, 0.717) is 30.8 Å². The zero-order valence-electron chi connectivity index (χ0n) is 21.2. The average molecular weight is 523 g/mol. The zero-order chi connectivity index (χ0) is 26.2. The Morgan fingerprint density at radius 3 is 2.26 bits per heavy atom. The van der Waals surface area contributed by atoms with Crippen LogP contribution in [0.1, 0.15) is 39.2 Å². The Balaban J connectivity index is 2.56. The topological polar surface area (TPSA) is 119 Å². The lowest BCUT2D eigenvalue weighted by molar-refractivity contribution is -0.108. The second-order valence-electron chi connectivity index (χ2n) is 9.09. The quantitative estimate of drug-likeness (QED) is 0.321. The van der Waals surface area contributed by atoms with Gasteiger partial charge in [0.05, 0.1) is 30.9 Å². The van der Waals surface area contributed by atoms with Gasteiger partial charge in [-0.1, -0.05) is 32.9 Å². The summed E-state index contributed by atoms with van der Waals surface area (Å²) in [5, 5.41) is 6.30. The van der Waals surface area contributed by atoms with Crippen LogP contribution in [0.3, 0.4) is 0 Å². The molecule has 0 heterocycles. The minimum absolute atomic E-state index is 0.0156. The molecule has 0 saturated heterocycles. The standard InChI is InChI=1S/C25H38N4O4S2/c1-6-20-9-11-22(12-10-20)29(18-19(2)3)35(32,33)23-13-14-24(25(16-23)34(5,26)31)28-21(17-27-4)8-7-15-30/h9-16,19,21,26-28H,6-8,17-18H2,1-5H3. The first-order chi connectivity index (χ1) is 16.4. The number of carbonyl (C=O) groups excluding carboxylic acids is 1. The van der Waals surface area contributed by atoms with E-state index in [4.69, 9.17) is 4.78 Å². The number of carbonyl (C=O) groups is 1. The molecular weight excluding hydrogens is 484 g/mol. The summed E-state index contributed by atoms with van der Waals surface area (Å²) in [6.07, 6.45) is 3.86. The van der Waals surface area contributed by atoms with Crippen molar-refractivity contribution < 1.29 is 17.4 Å². The number of sulfonamides is 1. The second-order valence-corrected chi connectivity index (χ2v) is 13.1. The van der Waals surface area contributed by atoms with Crippen molar-refractivity contribution in [2.24, 2.45) is 5.92 Å². The van der Waals surface area contributed by atoms with E-state index in [2.05, 4.69) is 10.6 Å². The summed E-state index contributed by atoms with van der Waals surface area (Å²) in [4.78, 5) is 11.0. The monoisotopic (exact) mass is 522 g/mol. The van der Waals surface area contributed by atoms with E-state index < -0.39 is 19.8 Å². The number of rotatable bonds is 14. The molecule has 3 N–H and O–H groups in total. The van der Waals surface area contributed by atoms with Gasteiger partial charge in [0.25, 0.3) is 10.0 Å². The molecule has 35 heavy (non-hydrogen) atoms. The molecule has 0 fully saturated rings. The van der Waals surface area contributed by atoms with E-state index in [1.807, 2.05) is 32.9 Å². The number of aldehydes is 1. The number of likely N-dealkylation sites (N-methyl/N-ethyl adjacent to an activating group) is 1. The Kier molecular flexibility index (Phi) is 10.3. The van der Waals surface area contributed by atoms with Crippen LogP contribution in [0.15, 0.2) is 52.3 Å². The molecule has 0 aliphatic carbocycles. The maximum Gasteiger partial charge on any atom is 0.264 e. The molecule has 0 spiro atoms. The van der Waals surface area contributed by atoms with E-state index in [9.17, 15) is 17.4 Å². The summed E-state index contributed by atoms with van der Waals surface area (Å²) in [5.74, 6) is 0.0720. The van der Waals surface area contributed by atoms with Crippen LogP contribution in [0.4, 0.5) is 11.4 Å². The number of aryl methyl sites for hydroxylation is 1. The van der Waals surface area contributed by atoms with Crippen LogP contribution in [0, 0.1) is 10.7 Å². The molecule has 2 aromatic rings. The van der Waals surface area contributed by atoms with Gasteiger partial charge in [-0.25, -0.2) is 17.4 Å². The first-order valence-corrected chi connectivity index (χ1v) is 15.2. The highest BCUT2D eigenvalue weighted by Crippen LogP contribution is 2.31. The fourth-order valence-corrected chi connectivity index (χ4v) is 6.39. The smallest absolute Gasteiger partial charge is 0.264 e. The molecule has 8 nitrogen and oxygen atoms in total. The predicted molar refractivity (Wildman–Crippen MR) is 143 cm³/mol. The summed E-state index contributed by atoms with van der Waals surface area (Å²) < 4.78 is 50.1. The van der Waals surface area contributed by atoms with Crippen LogP contribution in [0.25, 0.3) is 0 Å². The minimum atomic E-state index is -3.98. The van der Waals surface area contributed by atoms with Crippen molar-refractivity contribution >= 4 is 37.4 Å². The van der Waals surface area contributed by atoms with Crippen LogP contribution in [0.2, 0.25) is 0 Å². The fraction of sp³-hybridized carbons (Fsp3) is 0.480. The lowest BCUT2D eigenvalue weighted by atomic mass is 10.1. The molecule has 2 aromatic carbocycles. The Morgan fingerprint density at radius 1 is 1.09 bits per heavy atom. The minimum Gasteiger partial charge on any atom is -0.380 e. The summed E-state index contributed by atoms with van der Waals surface area (Å²) >= 11 is 0. The van der Waals surface area contributed by atoms with Gasteiger partial charge >= 0.3 is 0 Å². The van der Waals surface area contributed by atoms with Crippen molar-refractivity contribution in [3.8, 4) is 0 Å². The highest BCUT2D eigenvalue weighted by Gasteiger charge is 2.28. The van der Waals surface area contributed by atoms with E-state index in [1.54, 1.807) is 25.2 Å². The summed E-state index contributed by atoms with van der Waals surface area (Å²) in [5.41, 5.74) is 2.10. The zero-order valence-corrected chi connectivity index (χ0v) is 22.8. The third kappa shape index (κ3) is 7.78. The third-order valence-corrected chi connectivity index (χ3v) is 8.53. The number of nitrogens with one attached hydrogen (secondary N) is 3. The SMILES string of the molecule is CCc1ccc(N(CC(C)C)S(=O)(=O)c2ccc(NC(CCC=O)CNC)c(S(C)(=N)=O)c2)cc1. The first-order valence-electron chi connectivity index (χ1n) is 11.8. The molecular formula is C25H38N4O4S2. The molecule has 194 valence electrons. The Hall–Kier alpha value is -2.43. The average Bonchev–Trinajstić information content (AvgIpc) is 2.80. The van der Waals surface area contributed by atoms with Gasteiger partial charge in [-0.2, -0.15) is 0 Å². The lowest BCUT2D eigenvalue weighted by Gasteiger charge is -2.27. The molecule has 2 rings (SSSR count). The molecule has 0 saturated carbocycles. The molecule has 2 atom stereocenters. The van der Waals surface area contributed by atoms with E-state index in [0.717, 1.165) is 18.3 Å². The maximum atomic E-state index is 13.8. The summed E-state index contributed by atoms with van der Waals surface area (Å²) in [6, 6.07) is 11.7. The van der Waals surface area contributed by atoms with Gasteiger partial charge in [-0.05, 0) is 61.7 Å². The highest BCUT2D eigenvalue weighted by atomic mass is 32.2. The molecule has 0 aliphatic heterocycles. The van der Waals surface area contributed by atoms with E-state index >= 15 is 0 Å². The van der Waals surface area contributed by atoms with Gasteiger partial charge < -0.3 is 15.4 Å². The van der Waals surface area contributed by atoms with Crippen molar-refractivity contribution in [2.45, 2.75) is 55.9 Å². The first kappa shape index (κ1) is 28.8. The number of nitrogens with zero attached hydrogens (tertiary/aromatic N) is 1. The van der Waals surface area contributed by atoms with Gasteiger partial charge in [0.2, 0.25) is 0 Å². The van der Waals surface area contributed by atoms with Crippen LogP contribution >= 0.6 is 0 Å². The summed E-state index contributed by atoms with van der Waals surface area (Å²) in [6.45, 7) is 6.77. The number of anilines is 2. The molecule has 0 aliphatic rings. The van der Waals surface area contributed by atoms with Gasteiger partial charge in [0.15, 0.2) is 0 Å². The molecule has 0 bridgehead atoms. The highest BCUT2D eigenvalue weighted by molar-refractivity contribution is 7.93. The van der Waals surface area contributed by atoms with Gasteiger partial charge in [-0.3, -0.25) is 4.31 Å². The predicted octanol–water partition coefficient (Wildman–Crippen LogP) is 4.11.